The van der Waals surface area contributed by atoms with Gasteiger partial charge >= 0.3 is 0 Å². The molecule has 0 aromatic carbocycles. The predicted octanol–water partition coefficient (Wildman–Crippen LogP) is 4.29. The summed E-state index contributed by atoms with van der Waals surface area (Å²) >= 11 is 5.29. The maximum absolute atomic E-state index is 11.2. The molecule has 8 saturated carbocycles. The van der Waals surface area contributed by atoms with E-state index in [4.69, 9.17) is 4.74 Å². The molecule has 0 aromatic rings. The normalized spacial score (nSPS) is 67.2. The molecule has 0 aromatic heterocycles. The van der Waals surface area contributed by atoms with Crippen molar-refractivity contribution in [1.29, 1.82) is 0 Å². The second-order valence-electron chi connectivity index (χ2n) is 11.2. The van der Waals surface area contributed by atoms with Crippen LogP contribution in [0, 0.1) is 11.8 Å². The highest BCUT2D eigenvalue weighted by atomic mass is 127. The SMILES string of the molecule is OC12CC3CC(I)(C1)CC(OC14CC5CC(O)(CC(I)(C5)C1)C4)(C3)C2. The Hall–Kier alpha value is 1.34. The van der Waals surface area contributed by atoms with Crippen LogP contribution in [0.2, 0.25) is 0 Å². The smallest absolute Gasteiger partial charge is 0.0732 e. The van der Waals surface area contributed by atoms with Crippen molar-refractivity contribution in [1.82, 2.24) is 0 Å². The third-order valence-electron chi connectivity index (χ3n) is 8.27. The lowest BCUT2D eigenvalue weighted by molar-refractivity contribution is -0.294. The number of aliphatic hydroxyl groups is 2. The van der Waals surface area contributed by atoms with Crippen LogP contribution in [0.25, 0.3) is 0 Å². The van der Waals surface area contributed by atoms with E-state index in [1.54, 1.807) is 0 Å². The van der Waals surface area contributed by atoms with E-state index < -0.39 is 11.2 Å². The fourth-order valence-corrected chi connectivity index (χ4v) is 13.1. The van der Waals surface area contributed by atoms with Gasteiger partial charge in [0.2, 0.25) is 0 Å². The highest BCUT2D eigenvalue weighted by Gasteiger charge is 2.68. The van der Waals surface area contributed by atoms with Crippen LogP contribution in [0.5, 0.6) is 0 Å². The van der Waals surface area contributed by atoms with Crippen molar-refractivity contribution in [3.05, 3.63) is 0 Å². The molecule has 8 aliphatic rings. The molecule has 3 nitrogen and oxygen atoms in total. The first-order valence-electron chi connectivity index (χ1n) is 10.0. The van der Waals surface area contributed by atoms with Gasteiger partial charge in [-0.05, 0) is 76.0 Å². The summed E-state index contributed by atoms with van der Waals surface area (Å²) in [5, 5.41) is 22.4. The second-order valence-corrected chi connectivity index (χ2v) is 15.8. The molecule has 0 aliphatic heterocycles. The van der Waals surface area contributed by atoms with Gasteiger partial charge in [0.15, 0.2) is 0 Å². The van der Waals surface area contributed by atoms with Gasteiger partial charge in [0.1, 0.15) is 0 Å². The maximum atomic E-state index is 11.2. The van der Waals surface area contributed by atoms with Crippen molar-refractivity contribution in [3.8, 4) is 0 Å². The average Bonchev–Trinajstić information content (AvgIpc) is 2.26. The maximum Gasteiger partial charge on any atom is 0.0732 e. The standard InChI is InChI=1S/C20H28I2O3/c21-15-1-13-3-17(23,7-15)11-19(5-13,9-15)25-20-6-14-2-16(22,10-20)8-18(24,4-14)12-20/h13-14,23-24H,1-12H2. The minimum absolute atomic E-state index is 0.135. The van der Waals surface area contributed by atoms with Crippen LogP contribution in [0.3, 0.4) is 0 Å². The Kier molecular flexibility index (Phi) is 3.26. The van der Waals surface area contributed by atoms with Crippen molar-refractivity contribution in [2.24, 2.45) is 11.8 Å². The molecule has 5 heteroatoms. The van der Waals surface area contributed by atoms with E-state index in [-0.39, 0.29) is 18.0 Å². The van der Waals surface area contributed by atoms with E-state index >= 15 is 0 Å². The summed E-state index contributed by atoms with van der Waals surface area (Å²) in [6.07, 6.45) is 12.6. The summed E-state index contributed by atoms with van der Waals surface area (Å²) in [6.45, 7) is 0. The molecule has 0 saturated heterocycles. The van der Waals surface area contributed by atoms with Gasteiger partial charge in [0, 0.05) is 19.7 Å². The summed E-state index contributed by atoms with van der Waals surface area (Å²) in [7, 11) is 0. The molecule has 0 heterocycles. The Balaban J connectivity index is 1.36. The number of ether oxygens (including phenoxy) is 1. The Morgan fingerprint density at radius 1 is 0.600 bits per heavy atom. The lowest BCUT2D eigenvalue weighted by atomic mass is 9.50. The topological polar surface area (TPSA) is 49.7 Å². The molecule has 0 spiro atoms. The van der Waals surface area contributed by atoms with Crippen molar-refractivity contribution in [2.75, 3.05) is 0 Å². The van der Waals surface area contributed by atoms with Gasteiger partial charge in [-0.1, -0.05) is 45.2 Å². The van der Waals surface area contributed by atoms with Crippen LogP contribution >= 0.6 is 45.2 Å². The molecule has 25 heavy (non-hydrogen) atoms. The van der Waals surface area contributed by atoms with Crippen LogP contribution in [-0.4, -0.2) is 39.5 Å². The number of rotatable bonds is 2. The molecule has 0 amide bonds. The first-order valence-corrected chi connectivity index (χ1v) is 12.2. The Morgan fingerprint density at radius 2 is 1.04 bits per heavy atom. The summed E-state index contributed by atoms with van der Waals surface area (Å²) in [4.78, 5) is 0. The Morgan fingerprint density at radius 3 is 1.40 bits per heavy atom. The van der Waals surface area contributed by atoms with Crippen molar-refractivity contribution < 1.29 is 14.9 Å². The van der Waals surface area contributed by atoms with Gasteiger partial charge in [0.05, 0.1) is 22.4 Å². The van der Waals surface area contributed by atoms with Crippen LogP contribution < -0.4 is 0 Å². The highest BCUT2D eigenvalue weighted by molar-refractivity contribution is 14.1. The van der Waals surface area contributed by atoms with Crippen molar-refractivity contribution >= 4 is 45.2 Å². The zero-order valence-corrected chi connectivity index (χ0v) is 19.0. The lowest BCUT2D eigenvalue weighted by Gasteiger charge is -2.68. The lowest BCUT2D eigenvalue weighted by Crippen LogP contribution is -2.70. The molecular weight excluding hydrogens is 542 g/mol. The quantitative estimate of drug-likeness (QED) is 0.385. The van der Waals surface area contributed by atoms with E-state index in [0.717, 1.165) is 64.2 Å². The second kappa shape index (κ2) is 4.73. The molecule has 8 aliphatic carbocycles. The van der Waals surface area contributed by atoms with Crippen LogP contribution in [0.1, 0.15) is 77.0 Å². The molecule has 8 atom stereocenters. The van der Waals surface area contributed by atoms with Crippen LogP contribution in [0.15, 0.2) is 0 Å². The van der Waals surface area contributed by atoms with Gasteiger partial charge in [0.25, 0.3) is 0 Å². The number of halogens is 2. The molecule has 8 rings (SSSR count). The van der Waals surface area contributed by atoms with E-state index in [0.29, 0.717) is 11.8 Å². The minimum Gasteiger partial charge on any atom is -0.390 e. The summed E-state index contributed by atoms with van der Waals surface area (Å²) in [5.41, 5.74) is -1.27. The van der Waals surface area contributed by atoms with Gasteiger partial charge < -0.3 is 14.9 Å². The zero-order chi connectivity index (χ0) is 17.3. The van der Waals surface area contributed by atoms with Crippen molar-refractivity contribution in [2.45, 2.75) is 106 Å². The molecular formula is C20H28I2O3. The van der Waals surface area contributed by atoms with E-state index in [2.05, 4.69) is 45.2 Å². The largest absolute Gasteiger partial charge is 0.390 e. The van der Waals surface area contributed by atoms with Crippen LogP contribution in [-0.2, 0) is 4.74 Å². The fraction of sp³-hybridized carbons (Fsp3) is 1.00. The summed E-state index contributed by atoms with van der Waals surface area (Å²) in [6, 6.07) is 0. The fourth-order valence-electron chi connectivity index (χ4n) is 9.06. The van der Waals surface area contributed by atoms with Gasteiger partial charge in [-0.3, -0.25) is 0 Å². The Bertz CT molecular complexity index is 561. The minimum atomic E-state index is -0.498. The Labute approximate surface area is 177 Å². The third-order valence-corrected chi connectivity index (χ3v) is 10.7. The third kappa shape index (κ3) is 2.57. The average molecular weight is 570 g/mol. The molecule has 0 radical (unpaired) electrons. The van der Waals surface area contributed by atoms with Crippen molar-refractivity contribution in [3.63, 3.8) is 0 Å². The first kappa shape index (κ1) is 17.2. The predicted molar refractivity (Wildman–Crippen MR) is 112 cm³/mol. The molecule has 8 unspecified atom stereocenters. The van der Waals surface area contributed by atoms with E-state index in [1.807, 2.05) is 0 Å². The number of alkyl halides is 2. The number of hydrogen-bond acceptors (Lipinski definition) is 3. The molecule has 8 bridgehead atoms. The monoisotopic (exact) mass is 570 g/mol. The highest BCUT2D eigenvalue weighted by Crippen LogP contribution is 2.68. The summed E-state index contributed by atoms with van der Waals surface area (Å²) in [5.74, 6) is 1.26. The van der Waals surface area contributed by atoms with Crippen LogP contribution in [0.4, 0.5) is 0 Å². The molecule has 2 N–H and O–H groups in total. The zero-order valence-electron chi connectivity index (χ0n) is 14.7. The molecule has 140 valence electrons. The van der Waals surface area contributed by atoms with E-state index in [1.165, 1.54) is 12.8 Å². The van der Waals surface area contributed by atoms with Gasteiger partial charge in [-0.25, -0.2) is 0 Å². The van der Waals surface area contributed by atoms with Gasteiger partial charge in [-0.2, -0.15) is 0 Å². The van der Waals surface area contributed by atoms with E-state index in [9.17, 15) is 10.2 Å². The molecule has 8 fully saturated rings. The first-order chi connectivity index (χ1) is 11.5. The van der Waals surface area contributed by atoms with Gasteiger partial charge in [-0.15, -0.1) is 0 Å². The summed E-state index contributed by atoms with van der Waals surface area (Å²) < 4.78 is 7.64. The number of hydrogen-bond donors (Lipinski definition) is 2.